The van der Waals surface area contributed by atoms with Gasteiger partial charge in [-0.05, 0) is 31.1 Å². The van der Waals surface area contributed by atoms with Crippen LogP contribution in [0.4, 0.5) is 0 Å². The summed E-state index contributed by atoms with van der Waals surface area (Å²) in [6.07, 6.45) is 2.87. The van der Waals surface area contributed by atoms with Gasteiger partial charge in [0.2, 0.25) is 0 Å². The quantitative estimate of drug-likeness (QED) is 0.711. The van der Waals surface area contributed by atoms with Gasteiger partial charge in [0.1, 0.15) is 5.78 Å². The molecule has 0 heterocycles. The molecule has 0 spiro atoms. The summed E-state index contributed by atoms with van der Waals surface area (Å²) >= 11 is 0. The lowest BCUT2D eigenvalue weighted by atomic mass is 9.54. The van der Waals surface area contributed by atoms with E-state index in [1.54, 1.807) is 0 Å². The highest BCUT2D eigenvalue weighted by Crippen LogP contribution is 2.52. The average Bonchev–Trinajstić information content (AvgIpc) is 2.23. The second-order valence-electron chi connectivity index (χ2n) is 6.41. The summed E-state index contributed by atoms with van der Waals surface area (Å²) in [5, 5.41) is 10.6. The summed E-state index contributed by atoms with van der Waals surface area (Å²) in [7, 11) is 0. The van der Waals surface area contributed by atoms with Crippen LogP contribution in [0.25, 0.3) is 0 Å². The maximum atomic E-state index is 12.2. The number of hydrogen-bond acceptors (Lipinski definition) is 2. The number of fused-ring (bicyclic) bond motifs is 1. The monoisotopic (exact) mass is 236 g/mol. The highest BCUT2D eigenvalue weighted by atomic mass is 16.3. The fourth-order valence-electron chi connectivity index (χ4n) is 3.86. The van der Waals surface area contributed by atoms with Crippen LogP contribution in [-0.2, 0) is 4.79 Å². The molecule has 0 bridgehead atoms. The van der Waals surface area contributed by atoms with Crippen molar-refractivity contribution in [1.29, 1.82) is 0 Å². The molecule has 2 heteroatoms. The lowest BCUT2D eigenvalue weighted by Crippen LogP contribution is -2.53. The molecule has 2 unspecified atom stereocenters. The highest BCUT2D eigenvalue weighted by molar-refractivity contribution is 5.87. The van der Waals surface area contributed by atoms with E-state index in [4.69, 9.17) is 0 Å². The Balaban J connectivity index is 2.32. The van der Waals surface area contributed by atoms with Gasteiger partial charge < -0.3 is 5.11 Å². The van der Waals surface area contributed by atoms with Gasteiger partial charge in [-0.2, -0.15) is 0 Å². The third-order valence-corrected chi connectivity index (χ3v) is 5.07. The lowest BCUT2D eigenvalue weighted by molar-refractivity contribution is -0.143. The second-order valence-corrected chi connectivity index (χ2v) is 6.41. The fraction of sp³-hybridized carbons (Fsp3) is 0.800. The molecule has 0 aromatic carbocycles. The number of rotatable bonds is 1. The lowest BCUT2D eigenvalue weighted by Gasteiger charge is -2.51. The second kappa shape index (κ2) is 4.24. The topological polar surface area (TPSA) is 37.3 Å². The van der Waals surface area contributed by atoms with Gasteiger partial charge in [0.25, 0.3) is 0 Å². The van der Waals surface area contributed by atoms with Crippen molar-refractivity contribution in [1.82, 2.24) is 0 Å². The first-order chi connectivity index (χ1) is 7.88. The van der Waals surface area contributed by atoms with Crippen molar-refractivity contribution in [3.05, 3.63) is 12.2 Å². The minimum absolute atomic E-state index is 0.00935. The van der Waals surface area contributed by atoms with Crippen molar-refractivity contribution in [2.45, 2.75) is 52.6 Å². The van der Waals surface area contributed by atoms with E-state index in [0.717, 1.165) is 24.8 Å². The molecule has 17 heavy (non-hydrogen) atoms. The molecule has 0 amide bonds. The number of Topliss-reactive ketones (excluding diaryl/α,β-unsaturated/α-hetero) is 1. The molecule has 2 nitrogen and oxygen atoms in total. The molecule has 2 fully saturated rings. The summed E-state index contributed by atoms with van der Waals surface area (Å²) in [5.74, 6) is 1.11. The molecule has 2 aliphatic carbocycles. The molecule has 0 saturated heterocycles. The normalized spacial score (nSPS) is 42.8. The Hall–Kier alpha value is -0.630. The zero-order valence-corrected chi connectivity index (χ0v) is 11.2. The van der Waals surface area contributed by atoms with Gasteiger partial charge in [-0.25, -0.2) is 0 Å². The summed E-state index contributed by atoms with van der Waals surface area (Å²) in [5.41, 5.74) is 0.741. The van der Waals surface area contributed by atoms with Gasteiger partial charge in [-0.1, -0.05) is 32.9 Å². The SMILES string of the molecule is C=C1CCC(=O)[C@]2(C)CC[C@@H](C(C)C)C(O)C12. The van der Waals surface area contributed by atoms with Gasteiger partial charge >= 0.3 is 0 Å². The van der Waals surface area contributed by atoms with Crippen LogP contribution in [-0.4, -0.2) is 17.0 Å². The molecule has 0 radical (unpaired) electrons. The van der Waals surface area contributed by atoms with Crippen molar-refractivity contribution >= 4 is 5.78 Å². The Bertz CT molecular complexity index is 345. The van der Waals surface area contributed by atoms with Crippen LogP contribution in [0.2, 0.25) is 0 Å². The van der Waals surface area contributed by atoms with E-state index in [1.807, 2.05) is 6.92 Å². The van der Waals surface area contributed by atoms with Gasteiger partial charge in [0.15, 0.2) is 0 Å². The van der Waals surface area contributed by atoms with Crippen molar-refractivity contribution in [3.63, 3.8) is 0 Å². The Morgan fingerprint density at radius 3 is 2.65 bits per heavy atom. The molecule has 0 aliphatic heterocycles. The zero-order chi connectivity index (χ0) is 12.8. The number of aliphatic hydroxyl groups is 1. The Kier molecular flexibility index (Phi) is 3.19. The molecule has 2 rings (SSSR count). The Morgan fingerprint density at radius 1 is 1.41 bits per heavy atom. The van der Waals surface area contributed by atoms with Gasteiger partial charge in [0, 0.05) is 17.8 Å². The number of aliphatic hydroxyl groups excluding tert-OH is 1. The molecule has 96 valence electrons. The minimum Gasteiger partial charge on any atom is -0.392 e. The number of carbonyl (C=O) groups is 1. The predicted molar refractivity (Wildman–Crippen MR) is 68.5 cm³/mol. The van der Waals surface area contributed by atoms with E-state index >= 15 is 0 Å². The van der Waals surface area contributed by atoms with Crippen LogP contribution in [0.1, 0.15) is 46.5 Å². The molecule has 2 saturated carbocycles. The van der Waals surface area contributed by atoms with E-state index in [2.05, 4.69) is 20.4 Å². The first-order valence-corrected chi connectivity index (χ1v) is 6.77. The minimum atomic E-state index is -0.384. The molecule has 0 aromatic heterocycles. The maximum Gasteiger partial charge on any atom is 0.139 e. The first kappa shape index (κ1) is 12.8. The highest BCUT2D eigenvalue weighted by Gasteiger charge is 2.53. The summed E-state index contributed by atoms with van der Waals surface area (Å²) in [4.78, 5) is 12.2. The summed E-state index contributed by atoms with van der Waals surface area (Å²) in [6.45, 7) is 10.5. The molecule has 0 aromatic rings. The molecule has 2 aliphatic rings. The van der Waals surface area contributed by atoms with Crippen molar-refractivity contribution < 1.29 is 9.90 Å². The van der Waals surface area contributed by atoms with Crippen molar-refractivity contribution in [2.75, 3.05) is 0 Å². The van der Waals surface area contributed by atoms with Crippen LogP contribution in [0.3, 0.4) is 0 Å². The first-order valence-electron chi connectivity index (χ1n) is 6.77. The van der Waals surface area contributed by atoms with Crippen LogP contribution < -0.4 is 0 Å². The standard InChI is InChI=1S/C15H24O2/c1-9(2)11-7-8-15(4)12(16)6-5-10(3)13(15)14(11)17/h9,11,13-14,17H,3,5-8H2,1-2,4H3/t11-,13?,14?,15-/m0/s1. The van der Waals surface area contributed by atoms with Crippen LogP contribution in [0, 0.1) is 23.2 Å². The van der Waals surface area contributed by atoms with Crippen molar-refractivity contribution in [3.8, 4) is 0 Å². The summed E-state index contributed by atoms with van der Waals surface area (Å²) in [6, 6.07) is 0. The van der Waals surface area contributed by atoms with Crippen molar-refractivity contribution in [2.24, 2.45) is 23.2 Å². The number of ketones is 1. The molecule has 4 atom stereocenters. The third-order valence-electron chi connectivity index (χ3n) is 5.07. The largest absolute Gasteiger partial charge is 0.392 e. The van der Waals surface area contributed by atoms with Gasteiger partial charge in [-0.15, -0.1) is 0 Å². The molecular weight excluding hydrogens is 212 g/mol. The molecule has 1 N–H and O–H groups in total. The smallest absolute Gasteiger partial charge is 0.139 e. The predicted octanol–water partition coefficient (Wildman–Crippen LogP) is 2.95. The zero-order valence-electron chi connectivity index (χ0n) is 11.2. The fourth-order valence-corrected chi connectivity index (χ4v) is 3.86. The Labute approximate surface area is 104 Å². The number of hydrogen-bond donors (Lipinski definition) is 1. The van der Waals surface area contributed by atoms with Gasteiger partial charge in [-0.3, -0.25) is 4.79 Å². The van der Waals surface area contributed by atoms with E-state index in [0.29, 0.717) is 24.0 Å². The van der Waals surface area contributed by atoms with Crippen LogP contribution >= 0.6 is 0 Å². The number of carbonyl (C=O) groups excluding carboxylic acids is 1. The summed E-state index contributed by atoms with van der Waals surface area (Å²) < 4.78 is 0. The van der Waals surface area contributed by atoms with E-state index in [9.17, 15) is 9.90 Å². The van der Waals surface area contributed by atoms with E-state index in [1.165, 1.54) is 0 Å². The van der Waals surface area contributed by atoms with Crippen LogP contribution in [0.15, 0.2) is 12.2 Å². The van der Waals surface area contributed by atoms with E-state index in [-0.39, 0.29) is 17.4 Å². The molecular formula is C15H24O2. The van der Waals surface area contributed by atoms with Crippen LogP contribution in [0.5, 0.6) is 0 Å². The third kappa shape index (κ3) is 1.87. The van der Waals surface area contributed by atoms with E-state index < -0.39 is 0 Å². The maximum absolute atomic E-state index is 12.2. The average molecular weight is 236 g/mol. The Morgan fingerprint density at radius 2 is 2.06 bits per heavy atom. The van der Waals surface area contributed by atoms with Gasteiger partial charge in [0.05, 0.1) is 6.10 Å².